The zero-order chi connectivity index (χ0) is 23.9. The highest BCUT2D eigenvalue weighted by Gasteiger charge is 2.26. The van der Waals surface area contributed by atoms with Gasteiger partial charge in [-0.3, -0.25) is 0 Å². The zero-order valence-corrected chi connectivity index (χ0v) is 20.6. The van der Waals surface area contributed by atoms with E-state index in [0.29, 0.717) is 24.2 Å². The van der Waals surface area contributed by atoms with E-state index in [1.54, 1.807) is 24.5 Å². The van der Waals surface area contributed by atoms with Crippen molar-refractivity contribution in [1.29, 1.82) is 0 Å². The molecule has 35 heavy (non-hydrogen) atoms. The van der Waals surface area contributed by atoms with Crippen LogP contribution in [0.15, 0.2) is 36.5 Å². The number of hydrogen-bond donors (Lipinski definition) is 2. The average molecular weight is 491 g/mol. The van der Waals surface area contributed by atoms with E-state index in [-0.39, 0.29) is 5.82 Å². The van der Waals surface area contributed by atoms with E-state index >= 15 is 0 Å². The second-order valence-electron chi connectivity index (χ2n) is 9.04. The third-order valence-corrected chi connectivity index (χ3v) is 7.99. The molecule has 0 amide bonds. The SMILES string of the molecule is COc1cc(F)ccc1-c1c(C)sc2cnc(Nc3ccc(C4CCNCC4)c4c3OCC4)nc12. The predicted molar refractivity (Wildman–Crippen MR) is 138 cm³/mol. The van der Waals surface area contributed by atoms with E-state index < -0.39 is 0 Å². The Morgan fingerprint density at radius 3 is 2.89 bits per heavy atom. The number of hydrogen-bond acceptors (Lipinski definition) is 7. The fourth-order valence-electron chi connectivity index (χ4n) is 5.31. The summed E-state index contributed by atoms with van der Waals surface area (Å²) in [6, 6.07) is 8.94. The van der Waals surface area contributed by atoms with Crippen molar-refractivity contribution >= 4 is 33.2 Å². The average Bonchev–Trinajstić information content (AvgIpc) is 3.49. The second-order valence-corrected chi connectivity index (χ2v) is 10.3. The van der Waals surface area contributed by atoms with Crippen LogP contribution in [0.1, 0.15) is 34.8 Å². The van der Waals surface area contributed by atoms with Gasteiger partial charge in [-0.15, -0.1) is 11.3 Å². The van der Waals surface area contributed by atoms with Gasteiger partial charge in [0.1, 0.15) is 17.3 Å². The monoisotopic (exact) mass is 490 g/mol. The number of aromatic nitrogens is 2. The first-order valence-corrected chi connectivity index (χ1v) is 12.8. The molecule has 4 heterocycles. The van der Waals surface area contributed by atoms with Crippen LogP contribution in [0.3, 0.4) is 0 Å². The number of nitrogens with zero attached hydrogens (tertiary/aromatic N) is 2. The molecule has 2 aliphatic rings. The van der Waals surface area contributed by atoms with Crippen LogP contribution in [0, 0.1) is 12.7 Å². The number of thiophene rings is 1. The summed E-state index contributed by atoms with van der Waals surface area (Å²) in [7, 11) is 1.55. The number of methoxy groups -OCH3 is 1. The first kappa shape index (κ1) is 22.2. The van der Waals surface area contributed by atoms with Gasteiger partial charge in [0.2, 0.25) is 5.95 Å². The van der Waals surface area contributed by atoms with Crippen molar-refractivity contribution in [2.24, 2.45) is 0 Å². The van der Waals surface area contributed by atoms with Crippen LogP contribution in [0.5, 0.6) is 11.5 Å². The van der Waals surface area contributed by atoms with E-state index in [1.807, 2.05) is 13.1 Å². The van der Waals surface area contributed by atoms with Gasteiger partial charge in [-0.25, -0.2) is 14.4 Å². The number of piperidine rings is 1. The van der Waals surface area contributed by atoms with Crippen molar-refractivity contribution in [3.8, 4) is 22.6 Å². The fraction of sp³-hybridized carbons (Fsp3) is 0.333. The third kappa shape index (κ3) is 4.00. The maximum Gasteiger partial charge on any atom is 0.227 e. The van der Waals surface area contributed by atoms with E-state index in [9.17, 15) is 4.39 Å². The van der Waals surface area contributed by atoms with Gasteiger partial charge in [0.15, 0.2) is 0 Å². The molecule has 6 rings (SSSR count). The molecule has 2 aliphatic heterocycles. The summed E-state index contributed by atoms with van der Waals surface area (Å²) in [5.74, 6) is 2.16. The van der Waals surface area contributed by atoms with Gasteiger partial charge < -0.3 is 20.1 Å². The third-order valence-electron chi connectivity index (χ3n) is 6.96. The van der Waals surface area contributed by atoms with Crippen molar-refractivity contribution in [1.82, 2.24) is 15.3 Å². The number of fused-ring (bicyclic) bond motifs is 2. The molecule has 4 aromatic rings. The van der Waals surface area contributed by atoms with Crippen LogP contribution in [-0.4, -0.2) is 36.8 Å². The Kier molecular flexibility index (Phi) is 5.78. The number of aryl methyl sites for hydroxylation is 1. The summed E-state index contributed by atoms with van der Waals surface area (Å²) in [4.78, 5) is 10.5. The maximum absolute atomic E-state index is 13.8. The summed E-state index contributed by atoms with van der Waals surface area (Å²) < 4.78 is 26.3. The van der Waals surface area contributed by atoms with Crippen molar-refractivity contribution in [3.05, 3.63) is 58.3 Å². The minimum Gasteiger partial charge on any atom is -0.496 e. The largest absolute Gasteiger partial charge is 0.496 e. The predicted octanol–water partition coefficient (Wildman–Crippen LogP) is 5.96. The summed E-state index contributed by atoms with van der Waals surface area (Å²) in [6.45, 7) is 4.87. The molecule has 1 saturated heterocycles. The highest BCUT2D eigenvalue weighted by Crippen LogP contribution is 2.44. The van der Waals surface area contributed by atoms with Gasteiger partial charge in [-0.05, 0) is 62.5 Å². The molecule has 0 unspecified atom stereocenters. The molecule has 2 aromatic carbocycles. The van der Waals surface area contributed by atoms with Crippen molar-refractivity contribution in [3.63, 3.8) is 0 Å². The molecular weight excluding hydrogens is 463 g/mol. The molecule has 0 saturated carbocycles. The molecule has 0 aliphatic carbocycles. The summed E-state index contributed by atoms with van der Waals surface area (Å²) in [6.07, 6.45) is 5.09. The molecule has 180 valence electrons. The molecule has 2 N–H and O–H groups in total. The molecule has 0 bridgehead atoms. The first-order chi connectivity index (χ1) is 17.1. The minimum absolute atomic E-state index is 0.332. The van der Waals surface area contributed by atoms with Gasteiger partial charge in [0, 0.05) is 34.1 Å². The molecule has 6 nitrogen and oxygen atoms in total. The lowest BCUT2D eigenvalue weighted by molar-refractivity contribution is 0.358. The number of rotatable bonds is 5. The lowest BCUT2D eigenvalue weighted by Crippen LogP contribution is -2.27. The lowest BCUT2D eigenvalue weighted by atomic mass is 9.86. The summed E-state index contributed by atoms with van der Waals surface area (Å²) in [5, 5.41) is 6.86. The van der Waals surface area contributed by atoms with Crippen LogP contribution in [-0.2, 0) is 6.42 Å². The highest BCUT2D eigenvalue weighted by molar-refractivity contribution is 7.19. The van der Waals surface area contributed by atoms with Crippen LogP contribution < -0.4 is 20.1 Å². The first-order valence-electron chi connectivity index (χ1n) is 12.0. The van der Waals surface area contributed by atoms with Crippen LogP contribution in [0.4, 0.5) is 16.0 Å². The van der Waals surface area contributed by atoms with Gasteiger partial charge in [-0.1, -0.05) is 6.07 Å². The van der Waals surface area contributed by atoms with Crippen molar-refractivity contribution in [2.45, 2.75) is 32.1 Å². The normalized spacial score (nSPS) is 15.7. The van der Waals surface area contributed by atoms with Gasteiger partial charge in [-0.2, -0.15) is 0 Å². The maximum atomic E-state index is 13.8. The molecule has 0 atom stereocenters. The van der Waals surface area contributed by atoms with E-state index in [4.69, 9.17) is 14.5 Å². The number of halogens is 1. The smallest absolute Gasteiger partial charge is 0.227 e. The van der Waals surface area contributed by atoms with E-state index in [1.165, 1.54) is 23.3 Å². The number of nitrogens with one attached hydrogen (secondary N) is 2. The van der Waals surface area contributed by atoms with Gasteiger partial charge >= 0.3 is 0 Å². The van der Waals surface area contributed by atoms with Crippen LogP contribution in [0.2, 0.25) is 0 Å². The Morgan fingerprint density at radius 1 is 1.20 bits per heavy atom. The minimum atomic E-state index is -0.332. The van der Waals surface area contributed by atoms with Crippen molar-refractivity contribution < 1.29 is 13.9 Å². The summed E-state index contributed by atoms with van der Waals surface area (Å²) >= 11 is 1.62. The number of ether oxygens (including phenoxy) is 2. The van der Waals surface area contributed by atoms with Crippen LogP contribution in [0.25, 0.3) is 21.3 Å². The fourth-order valence-corrected chi connectivity index (χ4v) is 6.30. The second kappa shape index (κ2) is 9.09. The Morgan fingerprint density at radius 2 is 2.06 bits per heavy atom. The molecule has 2 aromatic heterocycles. The summed E-state index contributed by atoms with van der Waals surface area (Å²) in [5.41, 5.74) is 6.19. The van der Waals surface area contributed by atoms with Gasteiger partial charge in [0.05, 0.1) is 35.8 Å². The highest BCUT2D eigenvalue weighted by atomic mass is 32.1. The van der Waals surface area contributed by atoms with Crippen LogP contribution >= 0.6 is 11.3 Å². The molecule has 0 radical (unpaired) electrons. The number of benzene rings is 2. The Balaban J connectivity index is 1.38. The topological polar surface area (TPSA) is 68.3 Å². The Hall–Kier alpha value is -3.23. The quantitative estimate of drug-likeness (QED) is 0.360. The van der Waals surface area contributed by atoms with E-state index in [0.717, 1.165) is 70.0 Å². The lowest BCUT2D eigenvalue weighted by Gasteiger charge is -2.25. The van der Waals surface area contributed by atoms with E-state index in [2.05, 4.69) is 27.8 Å². The standard InChI is InChI=1S/C27H27FN4O2S/c1-15-24(20-4-3-17(28)13-22(20)33-2)25-23(35-15)14-30-27(32-25)31-21-6-5-18(16-7-10-29-11-8-16)19-9-12-34-26(19)21/h3-6,13-14,16,29H,7-12H2,1-2H3,(H,30,31,32). The van der Waals surface area contributed by atoms with Gasteiger partial charge in [0.25, 0.3) is 0 Å². The molecule has 0 spiro atoms. The Bertz CT molecular complexity index is 1410. The molecule has 8 heteroatoms. The zero-order valence-electron chi connectivity index (χ0n) is 19.8. The molecular formula is C27H27FN4O2S. The number of anilines is 2. The van der Waals surface area contributed by atoms with Crippen molar-refractivity contribution in [2.75, 3.05) is 32.1 Å². The Labute approximate surface area is 207 Å². The molecule has 1 fully saturated rings.